The number of fused-ring (bicyclic) bond motifs is 1. The molecular weight excluding hydrogens is 374 g/mol. The fourth-order valence-corrected chi connectivity index (χ4v) is 6.17. The van der Waals surface area contributed by atoms with Gasteiger partial charge in [0, 0.05) is 21.1 Å². The van der Waals surface area contributed by atoms with Crippen LogP contribution in [-0.4, -0.2) is 25.2 Å². The first-order valence-electron chi connectivity index (χ1n) is 10.1. The number of hydrogen-bond acceptors (Lipinski definition) is 5. The number of thiophene rings is 1. The zero-order chi connectivity index (χ0) is 19.7. The minimum atomic E-state index is -0.594. The molecule has 28 heavy (non-hydrogen) atoms. The number of nitro groups is 1. The highest BCUT2D eigenvalue weighted by molar-refractivity contribution is 7.12. The van der Waals surface area contributed by atoms with Crippen LogP contribution in [0, 0.1) is 16.0 Å². The van der Waals surface area contributed by atoms with Crippen molar-refractivity contribution in [2.45, 2.75) is 56.9 Å². The molecule has 4 rings (SSSR count). The zero-order valence-electron chi connectivity index (χ0n) is 16.5. The van der Waals surface area contributed by atoms with E-state index in [4.69, 9.17) is 9.47 Å². The van der Waals surface area contributed by atoms with E-state index in [1.165, 1.54) is 30.6 Å². The quantitative estimate of drug-likeness (QED) is 0.492. The van der Waals surface area contributed by atoms with Crippen LogP contribution >= 0.6 is 11.3 Å². The molecule has 0 spiro atoms. The number of rotatable bonds is 6. The lowest BCUT2D eigenvalue weighted by molar-refractivity contribution is -0.526. The van der Waals surface area contributed by atoms with Gasteiger partial charge in [-0.15, -0.1) is 11.3 Å². The van der Waals surface area contributed by atoms with Crippen molar-refractivity contribution in [3.63, 3.8) is 0 Å². The number of ether oxygens (including phenoxy) is 2. The van der Waals surface area contributed by atoms with Gasteiger partial charge in [0.25, 0.3) is 0 Å². The summed E-state index contributed by atoms with van der Waals surface area (Å²) in [5.74, 6) is 1.88. The van der Waals surface area contributed by atoms with Gasteiger partial charge in [0.2, 0.25) is 6.04 Å². The van der Waals surface area contributed by atoms with Crippen molar-refractivity contribution >= 4 is 11.3 Å². The summed E-state index contributed by atoms with van der Waals surface area (Å²) in [6.45, 7) is 0. The van der Waals surface area contributed by atoms with E-state index < -0.39 is 6.04 Å². The van der Waals surface area contributed by atoms with E-state index in [1.54, 1.807) is 25.6 Å². The van der Waals surface area contributed by atoms with Crippen molar-refractivity contribution in [1.82, 2.24) is 0 Å². The van der Waals surface area contributed by atoms with Crippen molar-refractivity contribution in [3.05, 3.63) is 55.3 Å². The Morgan fingerprint density at radius 1 is 1.11 bits per heavy atom. The topological polar surface area (TPSA) is 61.6 Å². The molecule has 0 amide bonds. The van der Waals surface area contributed by atoms with Gasteiger partial charge in [-0.05, 0) is 54.2 Å². The van der Waals surface area contributed by atoms with Gasteiger partial charge in [-0.3, -0.25) is 10.1 Å². The van der Waals surface area contributed by atoms with Crippen LogP contribution in [-0.2, 0) is 12.8 Å². The van der Waals surface area contributed by atoms with Gasteiger partial charge in [-0.1, -0.05) is 25.7 Å². The van der Waals surface area contributed by atoms with E-state index >= 15 is 0 Å². The van der Waals surface area contributed by atoms with Crippen LogP contribution < -0.4 is 9.47 Å². The maximum absolute atomic E-state index is 11.9. The van der Waals surface area contributed by atoms with E-state index in [9.17, 15) is 10.1 Å². The molecule has 1 aromatic heterocycles. The lowest BCUT2D eigenvalue weighted by atomic mass is 9.78. The summed E-state index contributed by atoms with van der Waals surface area (Å²) in [4.78, 5) is 14.2. The molecule has 0 bridgehead atoms. The maximum Gasteiger partial charge on any atom is 0.225 e. The minimum absolute atomic E-state index is 0.0965. The molecule has 0 saturated heterocycles. The molecule has 5 nitrogen and oxygen atoms in total. The highest BCUT2D eigenvalue weighted by Gasteiger charge is 2.40. The maximum atomic E-state index is 11.9. The fourth-order valence-electron chi connectivity index (χ4n) is 4.86. The standard InChI is InChI=1S/C22H27NO4S/c1-26-19-12-15-7-9-18(23(24)25)22(17(15)13-20(19)27-2)21-10-8-16(28-21)11-14-5-3-4-6-14/h8,10,12-14,18,22H,3-7,9,11H2,1-2H3/t18-,22-/m0/s1. The van der Waals surface area contributed by atoms with Crippen LogP contribution in [0.1, 0.15) is 58.9 Å². The summed E-state index contributed by atoms with van der Waals surface area (Å²) in [6.07, 6.45) is 7.66. The smallest absolute Gasteiger partial charge is 0.225 e. The van der Waals surface area contributed by atoms with Gasteiger partial charge in [0.1, 0.15) is 0 Å². The van der Waals surface area contributed by atoms with E-state index in [1.807, 2.05) is 12.1 Å². The van der Waals surface area contributed by atoms with E-state index in [-0.39, 0.29) is 10.8 Å². The van der Waals surface area contributed by atoms with Crippen LogP contribution in [0.3, 0.4) is 0 Å². The van der Waals surface area contributed by atoms with Crippen molar-refractivity contribution in [1.29, 1.82) is 0 Å². The summed E-state index contributed by atoms with van der Waals surface area (Å²) in [7, 11) is 3.23. The van der Waals surface area contributed by atoms with E-state index in [0.29, 0.717) is 24.3 Å². The Balaban J connectivity index is 1.71. The highest BCUT2D eigenvalue weighted by Crippen LogP contribution is 2.45. The SMILES string of the molecule is COc1cc2c(cc1OC)[C@H](c1ccc(CC3CCCC3)s1)[C@@H]([N+](=O)[O-])CC2. The molecule has 0 aliphatic heterocycles. The van der Waals surface area contributed by atoms with E-state index in [2.05, 4.69) is 12.1 Å². The summed E-state index contributed by atoms with van der Waals surface area (Å²) in [5.41, 5.74) is 2.14. The molecule has 0 unspecified atom stereocenters. The lowest BCUT2D eigenvalue weighted by Gasteiger charge is -2.28. The summed E-state index contributed by atoms with van der Waals surface area (Å²) < 4.78 is 10.9. The average molecular weight is 402 g/mol. The molecule has 6 heteroatoms. The highest BCUT2D eigenvalue weighted by atomic mass is 32.1. The third-order valence-corrected chi connectivity index (χ3v) is 7.49. The molecule has 150 valence electrons. The fraction of sp³-hybridized carbons (Fsp3) is 0.545. The van der Waals surface area contributed by atoms with Crippen LogP contribution in [0.5, 0.6) is 11.5 Å². The first kappa shape index (κ1) is 19.2. The van der Waals surface area contributed by atoms with Crippen molar-refractivity contribution in [2.75, 3.05) is 14.2 Å². The third-order valence-electron chi connectivity index (χ3n) is 6.30. The number of aryl methyl sites for hydroxylation is 1. The largest absolute Gasteiger partial charge is 0.493 e. The first-order valence-corrected chi connectivity index (χ1v) is 10.9. The predicted octanol–water partition coefficient (Wildman–Crippen LogP) is 5.22. The number of benzene rings is 1. The average Bonchev–Trinajstić information content (AvgIpc) is 3.38. The second kappa shape index (κ2) is 8.11. The van der Waals surface area contributed by atoms with Crippen LogP contribution in [0.25, 0.3) is 0 Å². The van der Waals surface area contributed by atoms with Gasteiger partial charge in [0.15, 0.2) is 11.5 Å². The lowest BCUT2D eigenvalue weighted by Crippen LogP contribution is -2.32. The molecule has 1 aromatic carbocycles. The van der Waals surface area contributed by atoms with Gasteiger partial charge in [-0.25, -0.2) is 0 Å². The van der Waals surface area contributed by atoms with Gasteiger partial charge in [-0.2, -0.15) is 0 Å². The summed E-state index contributed by atoms with van der Waals surface area (Å²) in [5, 5.41) is 11.9. The zero-order valence-corrected chi connectivity index (χ0v) is 17.3. The van der Waals surface area contributed by atoms with Crippen molar-refractivity contribution in [2.24, 2.45) is 5.92 Å². The molecule has 1 heterocycles. The second-order valence-electron chi connectivity index (χ2n) is 7.93. The predicted molar refractivity (Wildman–Crippen MR) is 110 cm³/mol. The Morgan fingerprint density at radius 3 is 2.50 bits per heavy atom. The van der Waals surface area contributed by atoms with Crippen molar-refractivity contribution in [3.8, 4) is 11.5 Å². The molecule has 0 radical (unpaired) electrons. The number of hydrogen-bond donors (Lipinski definition) is 0. The van der Waals surface area contributed by atoms with Crippen LogP contribution in [0.2, 0.25) is 0 Å². The van der Waals surface area contributed by atoms with Crippen molar-refractivity contribution < 1.29 is 14.4 Å². The molecule has 2 atom stereocenters. The monoisotopic (exact) mass is 401 g/mol. The molecule has 0 N–H and O–H groups in total. The molecule has 2 aliphatic rings. The summed E-state index contributed by atoms with van der Waals surface area (Å²) >= 11 is 1.76. The normalized spacial score (nSPS) is 22.1. The van der Waals surface area contributed by atoms with Gasteiger partial charge >= 0.3 is 0 Å². The molecule has 1 fully saturated rings. The number of methoxy groups -OCH3 is 2. The molecule has 1 saturated carbocycles. The third kappa shape index (κ3) is 3.62. The Morgan fingerprint density at radius 2 is 1.82 bits per heavy atom. The summed E-state index contributed by atoms with van der Waals surface area (Å²) in [6, 6.07) is 7.64. The number of nitrogens with zero attached hydrogens (tertiary/aromatic N) is 1. The Bertz CT molecular complexity index is 856. The Kier molecular flexibility index (Phi) is 5.58. The van der Waals surface area contributed by atoms with Crippen LogP contribution in [0.15, 0.2) is 24.3 Å². The Labute approximate surface area is 169 Å². The Hall–Kier alpha value is -2.08. The first-order chi connectivity index (χ1) is 13.6. The molecular formula is C22H27NO4S. The van der Waals surface area contributed by atoms with Gasteiger partial charge in [0.05, 0.1) is 20.1 Å². The molecule has 2 aliphatic carbocycles. The second-order valence-corrected chi connectivity index (χ2v) is 9.13. The molecule has 2 aromatic rings. The minimum Gasteiger partial charge on any atom is -0.493 e. The van der Waals surface area contributed by atoms with E-state index in [0.717, 1.165) is 28.3 Å². The van der Waals surface area contributed by atoms with Crippen LogP contribution in [0.4, 0.5) is 0 Å². The van der Waals surface area contributed by atoms with Gasteiger partial charge < -0.3 is 9.47 Å².